The fourth-order valence-corrected chi connectivity index (χ4v) is 1.84. The molecule has 0 radical (unpaired) electrons. The maximum atomic E-state index is 12.0. The zero-order chi connectivity index (χ0) is 13.7. The van der Waals surface area contributed by atoms with E-state index in [1.165, 1.54) is 5.56 Å². The maximum Gasteiger partial charge on any atom is 0.189 e. The van der Waals surface area contributed by atoms with Gasteiger partial charge in [0, 0.05) is 13.0 Å². The van der Waals surface area contributed by atoms with Crippen LogP contribution in [0.3, 0.4) is 0 Å². The summed E-state index contributed by atoms with van der Waals surface area (Å²) in [5, 5.41) is 7.73. The molecular weight excluding hydrogens is 240 g/mol. The summed E-state index contributed by atoms with van der Waals surface area (Å²) in [6.45, 7) is 3.16. The minimum Gasteiger partial charge on any atom is -0.329 e. The SMILES string of the molecule is CCc1ccc(CC(=O)c2cn(CCN)nn2)cc1. The topological polar surface area (TPSA) is 73.8 Å². The third-order valence-corrected chi connectivity index (χ3v) is 2.98. The Bertz CT molecular complexity index is 545. The second-order valence-electron chi connectivity index (χ2n) is 4.43. The predicted molar refractivity (Wildman–Crippen MR) is 72.9 cm³/mol. The first-order valence-electron chi connectivity index (χ1n) is 6.44. The van der Waals surface area contributed by atoms with Gasteiger partial charge in [0.1, 0.15) is 5.69 Å². The second-order valence-corrected chi connectivity index (χ2v) is 4.43. The Morgan fingerprint density at radius 1 is 1.26 bits per heavy atom. The van der Waals surface area contributed by atoms with E-state index in [-0.39, 0.29) is 5.78 Å². The van der Waals surface area contributed by atoms with Crippen LogP contribution in [0.5, 0.6) is 0 Å². The molecule has 2 aromatic rings. The molecule has 2 N–H and O–H groups in total. The number of hydrogen-bond acceptors (Lipinski definition) is 4. The van der Waals surface area contributed by atoms with Crippen LogP contribution in [0.25, 0.3) is 0 Å². The number of carbonyl (C=O) groups is 1. The normalized spacial score (nSPS) is 10.6. The Balaban J connectivity index is 2.02. The third-order valence-electron chi connectivity index (χ3n) is 2.98. The first kappa shape index (κ1) is 13.4. The molecule has 19 heavy (non-hydrogen) atoms. The van der Waals surface area contributed by atoms with Crippen LogP contribution in [0.1, 0.15) is 28.5 Å². The summed E-state index contributed by atoms with van der Waals surface area (Å²) in [7, 11) is 0. The van der Waals surface area contributed by atoms with Crippen molar-refractivity contribution in [1.29, 1.82) is 0 Å². The van der Waals surface area contributed by atoms with Crippen molar-refractivity contribution in [2.24, 2.45) is 5.73 Å². The highest BCUT2D eigenvalue weighted by molar-refractivity contribution is 5.95. The third kappa shape index (κ3) is 3.48. The van der Waals surface area contributed by atoms with E-state index < -0.39 is 0 Å². The maximum absolute atomic E-state index is 12.0. The number of aromatic nitrogens is 3. The molecule has 1 heterocycles. The van der Waals surface area contributed by atoms with Gasteiger partial charge in [-0.2, -0.15) is 0 Å². The monoisotopic (exact) mass is 258 g/mol. The number of rotatable bonds is 6. The van der Waals surface area contributed by atoms with Gasteiger partial charge in [0.15, 0.2) is 5.78 Å². The minimum atomic E-state index is -0.0208. The Labute approximate surface area is 112 Å². The molecule has 0 atom stereocenters. The molecular formula is C14H18N4O. The van der Waals surface area contributed by atoms with E-state index in [1.807, 2.05) is 24.3 Å². The van der Waals surface area contributed by atoms with Gasteiger partial charge in [-0.3, -0.25) is 9.48 Å². The molecule has 0 aliphatic rings. The van der Waals surface area contributed by atoms with Crippen LogP contribution in [0.2, 0.25) is 0 Å². The van der Waals surface area contributed by atoms with E-state index >= 15 is 0 Å². The van der Waals surface area contributed by atoms with Crippen LogP contribution in [-0.2, 0) is 19.4 Å². The van der Waals surface area contributed by atoms with Crippen molar-refractivity contribution in [2.75, 3.05) is 6.54 Å². The quantitative estimate of drug-likeness (QED) is 0.791. The Hall–Kier alpha value is -2.01. The summed E-state index contributed by atoms with van der Waals surface area (Å²) in [4.78, 5) is 12.0. The molecule has 0 aliphatic heterocycles. The zero-order valence-electron chi connectivity index (χ0n) is 11.0. The number of benzene rings is 1. The fraction of sp³-hybridized carbons (Fsp3) is 0.357. The Kier molecular flexibility index (Phi) is 4.41. The number of hydrogen-bond donors (Lipinski definition) is 1. The average Bonchev–Trinajstić information content (AvgIpc) is 2.89. The van der Waals surface area contributed by atoms with Crippen molar-refractivity contribution in [3.8, 4) is 0 Å². The van der Waals surface area contributed by atoms with Crippen molar-refractivity contribution in [3.63, 3.8) is 0 Å². The number of Topliss-reactive ketones (excluding diaryl/α,β-unsaturated/α-hetero) is 1. The lowest BCUT2D eigenvalue weighted by Crippen LogP contribution is -2.10. The predicted octanol–water partition coefficient (Wildman–Crippen LogP) is 1.22. The Morgan fingerprint density at radius 3 is 2.58 bits per heavy atom. The lowest BCUT2D eigenvalue weighted by Gasteiger charge is -2.00. The molecule has 5 heteroatoms. The van der Waals surface area contributed by atoms with E-state index in [1.54, 1.807) is 10.9 Å². The highest BCUT2D eigenvalue weighted by atomic mass is 16.1. The summed E-state index contributed by atoms with van der Waals surface area (Å²) in [6.07, 6.45) is 3.00. The van der Waals surface area contributed by atoms with Crippen molar-refractivity contribution < 1.29 is 4.79 Å². The molecule has 0 amide bonds. The van der Waals surface area contributed by atoms with Crippen molar-refractivity contribution in [2.45, 2.75) is 26.3 Å². The van der Waals surface area contributed by atoms with Crippen LogP contribution in [0, 0.1) is 0 Å². The van der Waals surface area contributed by atoms with E-state index in [0.717, 1.165) is 12.0 Å². The standard InChI is InChI=1S/C14H18N4O/c1-2-11-3-5-12(6-4-11)9-14(19)13-10-18(8-7-15)17-16-13/h3-6,10H,2,7-9,15H2,1H3. The van der Waals surface area contributed by atoms with Crippen molar-refractivity contribution >= 4 is 5.78 Å². The molecule has 100 valence electrons. The van der Waals surface area contributed by atoms with E-state index in [9.17, 15) is 4.79 Å². The minimum absolute atomic E-state index is 0.0208. The smallest absolute Gasteiger partial charge is 0.189 e. The van der Waals surface area contributed by atoms with Gasteiger partial charge < -0.3 is 5.73 Å². The molecule has 5 nitrogen and oxygen atoms in total. The zero-order valence-corrected chi connectivity index (χ0v) is 11.0. The van der Waals surface area contributed by atoms with Crippen molar-refractivity contribution in [1.82, 2.24) is 15.0 Å². The molecule has 0 fully saturated rings. The lowest BCUT2D eigenvalue weighted by molar-refractivity contribution is 0.0988. The highest BCUT2D eigenvalue weighted by Gasteiger charge is 2.11. The summed E-state index contributed by atoms with van der Waals surface area (Å²) in [5.41, 5.74) is 8.08. The summed E-state index contributed by atoms with van der Waals surface area (Å²) in [5.74, 6) is -0.0208. The van der Waals surface area contributed by atoms with E-state index in [4.69, 9.17) is 5.73 Å². The van der Waals surface area contributed by atoms with Gasteiger partial charge >= 0.3 is 0 Å². The molecule has 0 saturated heterocycles. The van der Waals surface area contributed by atoms with Gasteiger partial charge in [-0.05, 0) is 17.5 Å². The Morgan fingerprint density at radius 2 is 1.95 bits per heavy atom. The summed E-state index contributed by atoms with van der Waals surface area (Å²) < 4.78 is 1.59. The highest BCUT2D eigenvalue weighted by Crippen LogP contribution is 2.08. The molecule has 1 aromatic heterocycles. The molecule has 0 unspecified atom stereocenters. The van der Waals surface area contributed by atoms with Crippen LogP contribution >= 0.6 is 0 Å². The van der Waals surface area contributed by atoms with Crippen LogP contribution < -0.4 is 5.73 Å². The average molecular weight is 258 g/mol. The van der Waals surface area contributed by atoms with Gasteiger partial charge in [0.05, 0.1) is 12.7 Å². The van der Waals surface area contributed by atoms with Gasteiger partial charge in [0.2, 0.25) is 0 Å². The van der Waals surface area contributed by atoms with Crippen molar-refractivity contribution in [3.05, 3.63) is 47.3 Å². The first-order chi connectivity index (χ1) is 9.22. The molecule has 0 aliphatic carbocycles. The molecule has 0 bridgehead atoms. The number of ketones is 1. The van der Waals surface area contributed by atoms with E-state index in [0.29, 0.717) is 25.2 Å². The fourth-order valence-electron chi connectivity index (χ4n) is 1.84. The van der Waals surface area contributed by atoms with Gasteiger partial charge in [-0.25, -0.2) is 0 Å². The van der Waals surface area contributed by atoms with Crippen LogP contribution in [0.15, 0.2) is 30.5 Å². The lowest BCUT2D eigenvalue weighted by atomic mass is 10.0. The molecule has 1 aromatic carbocycles. The molecule has 0 saturated carbocycles. The second kappa shape index (κ2) is 6.24. The molecule has 0 spiro atoms. The number of nitrogens with zero attached hydrogens (tertiary/aromatic N) is 3. The van der Waals surface area contributed by atoms with E-state index in [2.05, 4.69) is 17.2 Å². The first-order valence-corrected chi connectivity index (χ1v) is 6.44. The summed E-state index contributed by atoms with van der Waals surface area (Å²) in [6, 6.07) is 8.07. The number of aryl methyl sites for hydroxylation is 1. The van der Waals surface area contributed by atoms with Gasteiger partial charge in [0.25, 0.3) is 0 Å². The van der Waals surface area contributed by atoms with Crippen LogP contribution in [0.4, 0.5) is 0 Å². The molecule has 2 rings (SSSR count). The van der Waals surface area contributed by atoms with Gasteiger partial charge in [-0.15, -0.1) is 5.10 Å². The van der Waals surface area contributed by atoms with Gasteiger partial charge in [-0.1, -0.05) is 36.4 Å². The number of carbonyl (C=O) groups excluding carboxylic acids is 1. The largest absolute Gasteiger partial charge is 0.329 e. The van der Waals surface area contributed by atoms with Crippen LogP contribution in [-0.4, -0.2) is 27.3 Å². The summed E-state index contributed by atoms with van der Waals surface area (Å²) >= 11 is 0. The number of nitrogens with two attached hydrogens (primary N) is 1.